The van der Waals surface area contributed by atoms with E-state index in [0.717, 1.165) is 16.8 Å². The second kappa shape index (κ2) is 9.15. The molecule has 3 aromatic rings. The summed E-state index contributed by atoms with van der Waals surface area (Å²) in [6, 6.07) is 25.5. The van der Waals surface area contributed by atoms with Crippen LogP contribution in [0.15, 0.2) is 78.9 Å². The van der Waals surface area contributed by atoms with Gasteiger partial charge in [-0.05, 0) is 48.5 Å². The van der Waals surface area contributed by atoms with Crippen molar-refractivity contribution in [3.8, 4) is 0 Å². The molecule has 142 valence electrons. The van der Waals surface area contributed by atoms with Crippen molar-refractivity contribution in [1.29, 1.82) is 0 Å². The molecule has 0 aliphatic carbocycles. The van der Waals surface area contributed by atoms with Gasteiger partial charge in [0.2, 0.25) is 0 Å². The van der Waals surface area contributed by atoms with E-state index in [9.17, 15) is 4.79 Å². The molecule has 2 N–H and O–H groups in total. The SMILES string of the molecule is COC(=O)c1cccc(NC(=S)N[C@@H](c2ccccc2)c2ccc(C)cc2)c1. The van der Waals surface area contributed by atoms with Crippen molar-refractivity contribution in [2.75, 3.05) is 12.4 Å². The van der Waals surface area contributed by atoms with E-state index in [1.165, 1.54) is 12.7 Å². The van der Waals surface area contributed by atoms with Crippen LogP contribution in [0.1, 0.15) is 33.1 Å². The molecule has 3 rings (SSSR count). The van der Waals surface area contributed by atoms with Crippen LogP contribution in [0.4, 0.5) is 5.69 Å². The number of carbonyl (C=O) groups is 1. The van der Waals surface area contributed by atoms with Gasteiger partial charge in [-0.2, -0.15) is 0 Å². The third kappa shape index (κ3) is 4.96. The fraction of sp³-hybridized carbons (Fsp3) is 0.130. The van der Waals surface area contributed by atoms with Gasteiger partial charge in [-0.3, -0.25) is 0 Å². The van der Waals surface area contributed by atoms with Crippen LogP contribution in [0.3, 0.4) is 0 Å². The number of rotatable bonds is 5. The van der Waals surface area contributed by atoms with Gasteiger partial charge in [-0.25, -0.2) is 4.79 Å². The Morgan fingerprint density at radius 3 is 2.29 bits per heavy atom. The smallest absolute Gasteiger partial charge is 0.337 e. The second-order valence-corrected chi connectivity index (χ2v) is 6.83. The van der Waals surface area contributed by atoms with Gasteiger partial charge in [-0.15, -0.1) is 0 Å². The first kappa shape index (κ1) is 19.6. The van der Waals surface area contributed by atoms with Crippen molar-refractivity contribution >= 4 is 29.0 Å². The molecule has 0 bridgehead atoms. The van der Waals surface area contributed by atoms with E-state index in [-0.39, 0.29) is 12.0 Å². The maximum atomic E-state index is 11.7. The Labute approximate surface area is 170 Å². The molecule has 5 heteroatoms. The molecule has 1 atom stereocenters. The molecule has 3 aromatic carbocycles. The first-order valence-electron chi connectivity index (χ1n) is 8.94. The fourth-order valence-corrected chi connectivity index (χ4v) is 3.14. The molecule has 0 unspecified atom stereocenters. The maximum absolute atomic E-state index is 11.7. The predicted molar refractivity (Wildman–Crippen MR) is 117 cm³/mol. The van der Waals surface area contributed by atoms with Gasteiger partial charge in [0, 0.05) is 5.69 Å². The first-order valence-corrected chi connectivity index (χ1v) is 9.35. The van der Waals surface area contributed by atoms with Crippen LogP contribution in [0.25, 0.3) is 0 Å². The summed E-state index contributed by atoms with van der Waals surface area (Å²) in [6.45, 7) is 2.06. The summed E-state index contributed by atoms with van der Waals surface area (Å²) in [5.41, 5.74) is 4.61. The molecular formula is C23H22N2O2S. The molecule has 0 saturated carbocycles. The van der Waals surface area contributed by atoms with Crippen molar-refractivity contribution in [3.05, 3.63) is 101 Å². The number of methoxy groups -OCH3 is 1. The molecule has 0 aliphatic rings. The third-order valence-electron chi connectivity index (χ3n) is 4.36. The van der Waals surface area contributed by atoms with Crippen LogP contribution in [0, 0.1) is 6.92 Å². The van der Waals surface area contributed by atoms with Gasteiger partial charge >= 0.3 is 5.97 Å². The quantitative estimate of drug-likeness (QED) is 0.481. The summed E-state index contributed by atoms with van der Waals surface area (Å²) in [7, 11) is 1.36. The normalized spacial score (nSPS) is 11.4. The van der Waals surface area contributed by atoms with E-state index in [2.05, 4.69) is 54.0 Å². The summed E-state index contributed by atoms with van der Waals surface area (Å²) >= 11 is 5.54. The molecule has 0 radical (unpaired) electrons. The van der Waals surface area contributed by atoms with Gasteiger partial charge in [0.25, 0.3) is 0 Å². The Hall–Kier alpha value is -3.18. The van der Waals surface area contributed by atoms with Gasteiger partial charge < -0.3 is 15.4 Å². The van der Waals surface area contributed by atoms with Crippen molar-refractivity contribution < 1.29 is 9.53 Å². The second-order valence-electron chi connectivity index (χ2n) is 6.43. The largest absolute Gasteiger partial charge is 0.465 e. The van der Waals surface area contributed by atoms with Crippen molar-refractivity contribution in [1.82, 2.24) is 5.32 Å². The van der Waals surface area contributed by atoms with Gasteiger partial charge in [-0.1, -0.05) is 66.2 Å². The van der Waals surface area contributed by atoms with E-state index >= 15 is 0 Å². The van der Waals surface area contributed by atoms with E-state index in [1.54, 1.807) is 18.2 Å². The van der Waals surface area contributed by atoms with Crippen LogP contribution in [0.5, 0.6) is 0 Å². The van der Waals surface area contributed by atoms with Crippen molar-refractivity contribution in [3.63, 3.8) is 0 Å². The average molecular weight is 391 g/mol. The molecule has 0 heterocycles. The minimum absolute atomic E-state index is 0.0920. The Kier molecular flexibility index (Phi) is 6.40. The number of aryl methyl sites for hydroxylation is 1. The zero-order valence-corrected chi connectivity index (χ0v) is 16.6. The lowest BCUT2D eigenvalue weighted by molar-refractivity contribution is 0.0601. The number of anilines is 1. The summed E-state index contributed by atoms with van der Waals surface area (Å²) in [5.74, 6) is -0.385. The molecule has 28 heavy (non-hydrogen) atoms. The van der Waals surface area contributed by atoms with Crippen molar-refractivity contribution in [2.45, 2.75) is 13.0 Å². The predicted octanol–water partition coefficient (Wildman–Crippen LogP) is 4.86. The van der Waals surface area contributed by atoms with Gasteiger partial charge in [0.1, 0.15) is 0 Å². The van der Waals surface area contributed by atoms with E-state index in [1.807, 2.05) is 24.3 Å². The number of esters is 1. The minimum atomic E-state index is -0.385. The molecule has 0 aromatic heterocycles. The molecule has 0 fully saturated rings. The molecule has 0 amide bonds. The number of ether oxygens (including phenoxy) is 1. The standard InChI is InChI=1S/C23H22N2O2S/c1-16-11-13-18(14-12-16)21(17-7-4-3-5-8-17)25-23(28)24-20-10-6-9-19(15-20)22(26)27-2/h3-15,21H,1-2H3,(H2,24,25,28)/t21-/m0/s1. The molecule has 0 spiro atoms. The highest BCUT2D eigenvalue weighted by Gasteiger charge is 2.15. The van der Waals surface area contributed by atoms with Crippen LogP contribution in [-0.2, 0) is 4.74 Å². The molecule has 4 nitrogen and oxygen atoms in total. The summed E-state index contributed by atoms with van der Waals surface area (Å²) in [6.07, 6.45) is 0. The van der Waals surface area contributed by atoms with Crippen LogP contribution in [-0.4, -0.2) is 18.2 Å². The van der Waals surface area contributed by atoms with Crippen molar-refractivity contribution in [2.24, 2.45) is 0 Å². The van der Waals surface area contributed by atoms with Crippen LogP contribution < -0.4 is 10.6 Å². The zero-order chi connectivity index (χ0) is 19.9. The number of benzene rings is 3. The Morgan fingerprint density at radius 1 is 0.929 bits per heavy atom. The third-order valence-corrected chi connectivity index (χ3v) is 4.58. The Bertz CT molecular complexity index is 956. The number of nitrogens with one attached hydrogen (secondary N) is 2. The highest BCUT2D eigenvalue weighted by Crippen LogP contribution is 2.23. The summed E-state index contributed by atoms with van der Waals surface area (Å²) in [4.78, 5) is 11.7. The summed E-state index contributed by atoms with van der Waals surface area (Å²) < 4.78 is 4.77. The minimum Gasteiger partial charge on any atom is -0.465 e. The molecule has 0 saturated heterocycles. The Balaban J connectivity index is 1.80. The number of hydrogen-bond donors (Lipinski definition) is 2. The van der Waals surface area contributed by atoms with Gasteiger partial charge in [0.15, 0.2) is 5.11 Å². The fourth-order valence-electron chi connectivity index (χ4n) is 2.90. The lowest BCUT2D eigenvalue weighted by Crippen LogP contribution is -2.33. The number of carbonyl (C=O) groups excluding carboxylic acids is 1. The van der Waals surface area contributed by atoms with E-state index in [4.69, 9.17) is 17.0 Å². The lowest BCUT2D eigenvalue weighted by Gasteiger charge is -2.22. The topological polar surface area (TPSA) is 50.4 Å². The van der Waals surface area contributed by atoms with Crippen LogP contribution in [0.2, 0.25) is 0 Å². The average Bonchev–Trinajstić information content (AvgIpc) is 2.73. The highest BCUT2D eigenvalue weighted by atomic mass is 32.1. The highest BCUT2D eigenvalue weighted by molar-refractivity contribution is 7.80. The Morgan fingerprint density at radius 2 is 1.61 bits per heavy atom. The van der Waals surface area contributed by atoms with E-state index < -0.39 is 0 Å². The lowest BCUT2D eigenvalue weighted by atomic mass is 9.98. The van der Waals surface area contributed by atoms with E-state index in [0.29, 0.717) is 10.7 Å². The van der Waals surface area contributed by atoms with Gasteiger partial charge in [0.05, 0.1) is 18.7 Å². The first-order chi connectivity index (χ1) is 13.6. The summed E-state index contributed by atoms with van der Waals surface area (Å²) in [5, 5.41) is 7.01. The number of hydrogen-bond acceptors (Lipinski definition) is 3. The number of thiocarbonyl (C=S) groups is 1. The van der Waals surface area contributed by atoms with Crippen LogP contribution >= 0.6 is 12.2 Å². The maximum Gasteiger partial charge on any atom is 0.337 e. The molecular weight excluding hydrogens is 368 g/mol. The molecule has 0 aliphatic heterocycles. The zero-order valence-electron chi connectivity index (χ0n) is 15.8. The monoisotopic (exact) mass is 390 g/mol.